The summed E-state index contributed by atoms with van der Waals surface area (Å²) in [6.45, 7) is 9.30. The average Bonchev–Trinajstić information content (AvgIpc) is 2.66. The number of hydrogen-bond acceptors (Lipinski definition) is 7. The summed E-state index contributed by atoms with van der Waals surface area (Å²) >= 11 is 0. The topological polar surface area (TPSA) is 99.8 Å². The quantitative estimate of drug-likeness (QED) is 0.777. The maximum atomic E-state index is 15.1. The van der Waals surface area contributed by atoms with E-state index in [9.17, 15) is 4.79 Å². The minimum atomic E-state index is -0.667. The molecular formula is C22H29FN4O4. The van der Waals surface area contributed by atoms with Gasteiger partial charge in [-0.25, -0.2) is 19.2 Å². The van der Waals surface area contributed by atoms with E-state index in [1.807, 2.05) is 40.7 Å². The third-order valence-corrected chi connectivity index (χ3v) is 5.07. The predicted octanol–water partition coefficient (Wildman–Crippen LogP) is 4.17. The molecule has 2 heterocycles. The molecule has 1 amide bonds. The number of nitrogens with two attached hydrogens (primary N) is 1. The van der Waals surface area contributed by atoms with Crippen molar-refractivity contribution in [3.63, 3.8) is 0 Å². The van der Waals surface area contributed by atoms with E-state index < -0.39 is 11.4 Å². The number of ether oxygens (including phenoxy) is 3. The number of aromatic nitrogens is 2. The molecule has 0 radical (unpaired) electrons. The first-order valence-electron chi connectivity index (χ1n) is 10.1. The van der Waals surface area contributed by atoms with E-state index in [-0.39, 0.29) is 41.0 Å². The van der Waals surface area contributed by atoms with Crippen LogP contribution in [0.4, 0.5) is 15.0 Å². The molecule has 1 aliphatic heterocycles. The summed E-state index contributed by atoms with van der Waals surface area (Å²) in [6.07, 6.45) is 1.97. The lowest BCUT2D eigenvalue weighted by molar-refractivity contribution is 0.0122. The molecule has 1 aromatic heterocycles. The molecule has 2 atom stereocenters. The number of amides is 1. The van der Waals surface area contributed by atoms with Gasteiger partial charge in [0.25, 0.3) is 0 Å². The van der Waals surface area contributed by atoms with Gasteiger partial charge in [-0.15, -0.1) is 0 Å². The Morgan fingerprint density at radius 1 is 1.23 bits per heavy atom. The molecule has 0 spiro atoms. The molecule has 8 nitrogen and oxygen atoms in total. The summed E-state index contributed by atoms with van der Waals surface area (Å²) in [4.78, 5) is 23.1. The molecule has 3 rings (SSSR count). The highest BCUT2D eigenvalue weighted by Crippen LogP contribution is 2.38. The first-order valence-corrected chi connectivity index (χ1v) is 10.1. The fourth-order valence-corrected chi connectivity index (χ4v) is 3.78. The Bertz CT molecular complexity index is 1050. The van der Waals surface area contributed by atoms with Crippen molar-refractivity contribution in [2.45, 2.75) is 58.7 Å². The second-order valence-electron chi connectivity index (χ2n) is 8.63. The Hall–Kier alpha value is -3.10. The molecule has 1 aliphatic rings. The van der Waals surface area contributed by atoms with Crippen molar-refractivity contribution in [1.29, 1.82) is 0 Å². The standard InChI is InChI=1S/C22H29FN4O4/c1-11-8-13(9-12(2)27(11)21(28)31-22(3,4)5)20-25-17-14(19(24)26-20)10-15(29-6)18(30-7)16(17)23/h8,10-12H,9H2,1-7H3,(H2,24,25,26). The number of carbonyl (C=O) groups is 1. The van der Waals surface area contributed by atoms with Gasteiger partial charge in [-0.1, -0.05) is 6.08 Å². The van der Waals surface area contributed by atoms with Crippen molar-refractivity contribution in [3.8, 4) is 11.5 Å². The Balaban J connectivity index is 2.03. The summed E-state index contributed by atoms with van der Waals surface area (Å²) < 4.78 is 30.9. The molecule has 2 unspecified atom stereocenters. The van der Waals surface area contributed by atoms with E-state index in [0.29, 0.717) is 17.6 Å². The van der Waals surface area contributed by atoms with Crippen molar-refractivity contribution >= 4 is 28.4 Å². The van der Waals surface area contributed by atoms with Gasteiger partial charge >= 0.3 is 6.09 Å². The van der Waals surface area contributed by atoms with E-state index in [2.05, 4.69) is 9.97 Å². The number of methoxy groups -OCH3 is 2. The Kier molecular flexibility index (Phi) is 5.98. The van der Waals surface area contributed by atoms with Gasteiger partial charge in [-0.2, -0.15) is 0 Å². The molecule has 0 saturated carbocycles. The number of carbonyl (C=O) groups excluding carboxylic acids is 1. The van der Waals surface area contributed by atoms with E-state index in [1.54, 1.807) is 11.0 Å². The van der Waals surface area contributed by atoms with Crippen LogP contribution in [0.3, 0.4) is 0 Å². The van der Waals surface area contributed by atoms with Crippen LogP contribution < -0.4 is 15.2 Å². The van der Waals surface area contributed by atoms with Gasteiger partial charge in [0, 0.05) is 11.4 Å². The number of fused-ring (bicyclic) bond motifs is 1. The molecule has 1 aromatic carbocycles. The summed E-state index contributed by atoms with van der Waals surface area (Å²) in [7, 11) is 2.77. The number of halogens is 1. The lowest BCUT2D eigenvalue weighted by atomic mass is 9.96. The van der Waals surface area contributed by atoms with Gasteiger partial charge in [0.1, 0.15) is 16.9 Å². The van der Waals surface area contributed by atoms with Crippen molar-refractivity contribution in [3.05, 3.63) is 23.8 Å². The average molecular weight is 432 g/mol. The van der Waals surface area contributed by atoms with Crippen LogP contribution in [0.1, 0.15) is 46.9 Å². The summed E-state index contributed by atoms with van der Waals surface area (Å²) in [6, 6.07) is 1.13. The minimum Gasteiger partial charge on any atom is -0.493 e. The van der Waals surface area contributed by atoms with Crippen LogP contribution in [-0.4, -0.2) is 52.9 Å². The van der Waals surface area contributed by atoms with Crippen molar-refractivity contribution in [2.75, 3.05) is 20.0 Å². The number of anilines is 1. The Morgan fingerprint density at radius 2 is 1.90 bits per heavy atom. The van der Waals surface area contributed by atoms with Crippen molar-refractivity contribution < 1.29 is 23.4 Å². The first kappa shape index (κ1) is 22.6. The van der Waals surface area contributed by atoms with Gasteiger partial charge < -0.3 is 19.9 Å². The molecular weight excluding hydrogens is 403 g/mol. The number of nitrogen functional groups attached to an aromatic ring is 1. The highest BCUT2D eigenvalue weighted by Gasteiger charge is 2.34. The summed E-state index contributed by atoms with van der Waals surface area (Å²) in [5.74, 6) is -0.0495. The van der Waals surface area contributed by atoms with Gasteiger partial charge in [-0.3, -0.25) is 4.90 Å². The van der Waals surface area contributed by atoms with Crippen LogP contribution in [0, 0.1) is 5.82 Å². The molecule has 0 bridgehead atoms. The maximum Gasteiger partial charge on any atom is 0.411 e. The minimum absolute atomic E-state index is 0.0467. The van der Waals surface area contributed by atoms with Gasteiger partial charge in [-0.05, 0) is 52.7 Å². The number of hydrogen-bond donors (Lipinski definition) is 1. The molecule has 0 saturated heterocycles. The van der Waals surface area contributed by atoms with E-state index >= 15 is 4.39 Å². The molecule has 0 fully saturated rings. The highest BCUT2D eigenvalue weighted by molar-refractivity contribution is 5.92. The fourth-order valence-electron chi connectivity index (χ4n) is 3.78. The van der Waals surface area contributed by atoms with E-state index in [1.165, 1.54) is 14.2 Å². The SMILES string of the molecule is COc1cc2c(N)nc(C3=CC(C)N(C(=O)OC(C)(C)C)C(C)C3)nc2c(F)c1OC. The van der Waals surface area contributed by atoms with E-state index in [4.69, 9.17) is 19.9 Å². The Labute approximate surface area is 181 Å². The van der Waals surface area contributed by atoms with Crippen LogP contribution in [-0.2, 0) is 4.74 Å². The molecule has 0 aliphatic carbocycles. The molecule has 2 N–H and O–H groups in total. The molecule has 2 aromatic rings. The Morgan fingerprint density at radius 3 is 2.45 bits per heavy atom. The summed E-state index contributed by atoms with van der Waals surface area (Å²) in [5.41, 5.74) is 6.38. The van der Waals surface area contributed by atoms with Gasteiger partial charge in [0.15, 0.2) is 23.1 Å². The van der Waals surface area contributed by atoms with Crippen LogP contribution >= 0.6 is 0 Å². The molecule has 9 heteroatoms. The van der Waals surface area contributed by atoms with Gasteiger partial charge in [0.2, 0.25) is 0 Å². The number of nitrogens with zero attached hydrogens (tertiary/aromatic N) is 3. The zero-order valence-electron chi connectivity index (χ0n) is 18.9. The third kappa shape index (κ3) is 4.35. The smallest absolute Gasteiger partial charge is 0.411 e. The fraction of sp³-hybridized carbons (Fsp3) is 0.500. The van der Waals surface area contributed by atoms with Crippen molar-refractivity contribution in [2.24, 2.45) is 0 Å². The van der Waals surface area contributed by atoms with E-state index in [0.717, 1.165) is 5.57 Å². The maximum absolute atomic E-state index is 15.1. The highest BCUT2D eigenvalue weighted by atomic mass is 19.1. The lowest BCUT2D eigenvalue weighted by Gasteiger charge is -2.38. The monoisotopic (exact) mass is 432 g/mol. The largest absolute Gasteiger partial charge is 0.493 e. The second kappa shape index (κ2) is 8.20. The third-order valence-electron chi connectivity index (χ3n) is 5.07. The van der Waals surface area contributed by atoms with Crippen LogP contribution in [0.15, 0.2) is 12.1 Å². The second-order valence-corrected chi connectivity index (χ2v) is 8.63. The lowest BCUT2D eigenvalue weighted by Crippen LogP contribution is -2.48. The zero-order chi connectivity index (χ0) is 23.1. The number of benzene rings is 1. The van der Waals surface area contributed by atoms with Crippen LogP contribution in [0.2, 0.25) is 0 Å². The van der Waals surface area contributed by atoms with Crippen LogP contribution in [0.5, 0.6) is 11.5 Å². The first-order chi connectivity index (χ1) is 14.5. The number of rotatable bonds is 3. The normalized spacial score (nSPS) is 19.2. The van der Waals surface area contributed by atoms with Crippen LogP contribution in [0.25, 0.3) is 16.5 Å². The zero-order valence-corrected chi connectivity index (χ0v) is 18.9. The molecule has 31 heavy (non-hydrogen) atoms. The molecule has 168 valence electrons. The van der Waals surface area contributed by atoms with Gasteiger partial charge in [0.05, 0.1) is 20.3 Å². The van der Waals surface area contributed by atoms with Crippen molar-refractivity contribution in [1.82, 2.24) is 14.9 Å². The predicted molar refractivity (Wildman–Crippen MR) is 117 cm³/mol. The summed E-state index contributed by atoms with van der Waals surface area (Å²) in [5, 5.41) is 0.340.